The smallest absolute Gasteiger partial charge is 0.212 e. The van der Waals surface area contributed by atoms with Gasteiger partial charge in [0.25, 0.3) is 0 Å². The predicted molar refractivity (Wildman–Crippen MR) is 182 cm³/mol. The zero-order valence-electron chi connectivity index (χ0n) is 29.7. The van der Waals surface area contributed by atoms with Crippen LogP contribution in [-0.2, 0) is 33.2 Å². The average Bonchev–Trinajstić information content (AvgIpc) is 3.11. The number of phenolic OH excluding ortho intramolecular Hbond substituents is 1. The van der Waals surface area contributed by atoms with E-state index in [1.807, 2.05) is 6.92 Å². The van der Waals surface area contributed by atoms with Crippen molar-refractivity contribution in [1.82, 2.24) is 0 Å². The fraction of sp³-hybridized carbons (Fsp3) is 0.447. The molecule has 3 aromatic rings. The molecule has 1 spiro atoms. The van der Waals surface area contributed by atoms with E-state index >= 15 is 4.79 Å². The molecule has 0 amide bonds. The number of aryl methyl sites for hydroxylation is 2. The molecule has 5 atom stereocenters. The first-order valence-corrected chi connectivity index (χ1v) is 16.7. The van der Waals surface area contributed by atoms with E-state index in [-0.39, 0.29) is 96.2 Å². The van der Waals surface area contributed by atoms with Crippen molar-refractivity contribution in [2.45, 2.75) is 50.4 Å². The number of aliphatic hydroxyl groups excluding tert-OH is 1. The SMILES string of the molecule is COCOc1cc(C)cc2c1C(O)=C1C(=O)C[C@@H](OCOC)[C@@H]3[C@@H]4c5c(c(O)c6c(OCOC)cc(C)cc6c5O[C@]13C2=O)C(=O)C[C@H]4OCOC. The van der Waals surface area contributed by atoms with Gasteiger partial charge in [0.15, 0.2) is 25.2 Å². The lowest BCUT2D eigenvalue weighted by Crippen LogP contribution is -2.68. The van der Waals surface area contributed by atoms with E-state index in [9.17, 15) is 19.8 Å². The molecule has 1 heterocycles. The van der Waals surface area contributed by atoms with Gasteiger partial charge >= 0.3 is 0 Å². The summed E-state index contributed by atoms with van der Waals surface area (Å²) in [6.45, 7) is 2.76. The lowest BCUT2D eigenvalue weighted by Gasteiger charge is -2.56. The topological polar surface area (TPSA) is 175 Å². The van der Waals surface area contributed by atoms with Crippen LogP contribution in [0.1, 0.15) is 61.7 Å². The van der Waals surface area contributed by atoms with Crippen LogP contribution in [0.4, 0.5) is 0 Å². The number of carbonyl (C=O) groups excluding carboxylic acids is 3. The average molecular weight is 721 g/mol. The molecule has 14 nitrogen and oxygen atoms in total. The van der Waals surface area contributed by atoms with Crippen LogP contribution in [0.3, 0.4) is 0 Å². The maximum Gasteiger partial charge on any atom is 0.212 e. The highest BCUT2D eigenvalue weighted by molar-refractivity contribution is 6.23. The van der Waals surface area contributed by atoms with Crippen molar-refractivity contribution in [1.29, 1.82) is 0 Å². The number of rotatable bonds is 12. The number of benzene rings is 3. The molecular weight excluding hydrogens is 680 g/mol. The number of aliphatic hydroxyl groups is 1. The lowest BCUT2D eigenvalue weighted by atomic mass is 9.54. The Morgan fingerprint density at radius 3 is 2.02 bits per heavy atom. The van der Waals surface area contributed by atoms with Gasteiger partial charge in [0.05, 0.1) is 34.3 Å². The number of Topliss-reactive ketones (excluding diaryl/α,β-unsaturated/α-hetero) is 3. The Balaban J connectivity index is 1.61. The van der Waals surface area contributed by atoms with Gasteiger partial charge in [0, 0.05) is 69.6 Å². The predicted octanol–water partition coefficient (Wildman–Crippen LogP) is 4.66. The highest BCUT2D eigenvalue weighted by atomic mass is 16.7. The molecule has 0 unspecified atom stereocenters. The number of carbonyl (C=O) groups is 3. The first-order chi connectivity index (χ1) is 25.0. The molecule has 1 saturated carbocycles. The maximum absolute atomic E-state index is 15.5. The fourth-order valence-corrected chi connectivity index (χ4v) is 8.45. The van der Waals surface area contributed by atoms with Crippen molar-refractivity contribution >= 4 is 33.9 Å². The number of ketones is 3. The molecule has 276 valence electrons. The van der Waals surface area contributed by atoms with E-state index in [1.165, 1.54) is 28.4 Å². The fourth-order valence-electron chi connectivity index (χ4n) is 8.45. The summed E-state index contributed by atoms with van der Waals surface area (Å²) in [5, 5.41) is 24.7. The molecule has 14 heteroatoms. The number of hydrogen-bond donors (Lipinski definition) is 2. The number of aromatic hydroxyl groups is 1. The Morgan fingerprint density at radius 1 is 0.750 bits per heavy atom. The molecule has 0 saturated heterocycles. The monoisotopic (exact) mass is 720 g/mol. The van der Waals surface area contributed by atoms with Crippen LogP contribution < -0.4 is 14.2 Å². The summed E-state index contributed by atoms with van der Waals surface area (Å²) in [7, 11) is 5.75. The summed E-state index contributed by atoms with van der Waals surface area (Å²) < 4.78 is 52.0. The second-order valence-electron chi connectivity index (χ2n) is 13.4. The van der Waals surface area contributed by atoms with Crippen LogP contribution in [-0.4, -0.2) is 101 Å². The number of phenols is 1. The number of ether oxygens (including phenoxy) is 9. The maximum atomic E-state index is 15.5. The Kier molecular flexibility index (Phi) is 9.48. The molecule has 2 N–H and O–H groups in total. The largest absolute Gasteiger partial charge is 0.507 e. The standard InChI is InChI=1S/C38H40O14/c1-17-7-19-27(23(9-17)48-13-44-3)34(41)29-21(39)11-25(50-15-46-5)30-31(29)36(19)52-38-32(22(40)12-26(33(30)38)51-16-47-6)35(42)28-20(37(38)43)8-18(2)10-24(28)49-14-45-4/h7-10,25-26,30,33,41-42H,11-16H2,1-6H3/t25-,26-,30+,33-,38-/m1/s1. The molecule has 3 aliphatic carbocycles. The van der Waals surface area contributed by atoms with Gasteiger partial charge in [-0.2, -0.15) is 0 Å². The van der Waals surface area contributed by atoms with Gasteiger partial charge in [0.1, 0.15) is 42.3 Å². The van der Waals surface area contributed by atoms with Crippen LogP contribution in [0.25, 0.3) is 16.5 Å². The van der Waals surface area contributed by atoms with Gasteiger partial charge in [-0.3, -0.25) is 14.4 Å². The third-order valence-corrected chi connectivity index (χ3v) is 10.2. The van der Waals surface area contributed by atoms with Gasteiger partial charge < -0.3 is 52.8 Å². The second-order valence-corrected chi connectivity index (χ2v) is 13.4. The normalized spacial score (nSPS) is 24.6. The number of fused-ring (bicyclic) bond motifs is 4. The minimum absolute atomic E-state index is 0.0272. The first kappa shape index (κ1) is 35.8. The number of methoxy groups -OCH3 is 4. The van der Waals surface area contributed by atoms with Gasteiger partial charge in [-0.25, -0.2) is 0 Å². The summed E-state index contributed by atoms with van der Waals surface area (Å²) in [6, 6.07) is 6.66. The summed E-state index contributed by atoms with van der Waals surface area (Å²) in [5.74, 6) is -4.11. The molecule has 0 aromatic heterocycles. The summed E-state index contributed by atoms with van der Waals surface area (Å²) in [5.41, 5.74) is -0.833. The van der Waals surface area contributed by atoms with Gasteiger partial charge in [-0.1, -0.05) is 0 Å². The Hall–Kier alpha value is -4.57. The van der Waals surface area contributed by atoms with E-state index in [0.717, 1.165) is 0 Å². The van der Waals surface area contributed by atoms with E-state index in [1.54, 1.807) is 31.2 Å². The minimum Gasteiger partial charge on any atom is -0.507 e. The third-order valence-electron chi connectivity index (χ3n) is 10.2. The summed E-state index contributed by atoms with van der Waals surface area (Å²) in [4.78, 5) is 44.0. The first-order valence-electron chi connectivity index (χ1n) is 16.7. The molecule has 1 aliphatic heterocycles. The van der Waals surface area contributed by atoms with Gasteiger partial charge in [0.2, 0.25) is 11.4 Å². The third kappa shape index (κ3) is 5.27. The van der Waals surface area contributed by atoms with Crippen molar-refractivity contribution in [2.75, 3.05) is 55.6 Å². The molecule has 1 fully saturated rings. The van der Waals surface area contributed by atoms with Crippen molar-refractivity contribution in [3.8, 4) is 23.0 Å². The highest BCUT2D eigenvalue weighted by Crippen LogP contribution is 2.64. The quantitative estimate of drug-likeness (QED) is 0.247. The van der Waals surface area contributed by atoms with E-state index in [0.29, 0.717) is 16.5 Å². The van der Waals surface area contributed by atoms with Crippen molar-refractivity contribution in [3.05, 3.63) is 63.2 Å². The van der Waals surface area contributed by atoms with Crippen molar-refractivity contribution < 1.29 is 67.2 Å². The molecule has 7 rings (SSSR count). The van der Waals surface area contributed by atoms with Crippen molar-refractivity contribution in [3.63, 3.8) is 0 Å². The second kappa shape index (κ2) is 13.8. The van der Waals surface area contributed by atoms with Crippen LogP contribution in [0.5, 0.6) is 23.0 Å². The molecule has 52 heavy (non-hydrogen) atoms. The van der Waals surface area contributed by atoms with Crippen molar-refractivity contribution in [2.24, 2.45) is 5.92 Å². The molecule has 3 aromatic carbocycles. The van der Waals surface area contributed by atoms with Crippen LogP contribution in [0.15, 0.2) is 29.8 Å². The van der Waals surface area contributed by atoms with E-state index in [2.05, 4.69) is 0 Å². The number of hydrogen-bond acceptors (Lipinski definition) is 14. The van der Waals surface area contributed by atoms with E-state index in [4.69, 9.17) is 42.6 Å². The Bertz CT molecular complexity index is 2020. The molecular formula is C38H40O14. The summed E-state index contributed by atoms with van der Waals surface area (Å²) in [6.07, 6.45) is -2.47. The van der Waals surface area contributed by atoms with Gasteiger partial charge in [-0.05, 0) is 49.2 Å². The summed E-state index contributed by atoms with van der Waals surface area (Å²) >= 11 is 0. The van der Waals surface area contributed by atoms with Crippen LogP contribution >= 0.6 is 0 Å². The Morgan fingerprint density at radius 2 is 1.35 bits per heavy atom. The van der Waals surface area contributed by atoms with E-state index < -0.39 is 52.8 Å². The zero-order valence-corrected chi connectivity index (χ0v) is 29.7. The minimum atomic E-state index is -2.21. The van der Waals surface area contributed by atoms with Crippen LogP contribution in [0.2, 0.25) is 0 Å². The highest BCUT2D eigenvalue weighted by Gasteiger charge is 2.70. The lowest BCUT2D eigenvalue weighted by molar-refractivity contribution is -0.165. The zero-order chi connectivity index (χ0) is 37.1. The van der Waals surface area contributed by atoms with Gasteiger partial charge in [-0.15, -0.1) is 0 Å². The van der Waals surface area contributed by atoms with Crippen LogP contribution in [0, 0.1) is 19.8 Å². The molecule has 0 bridgehead atoms. The molecule has 0 radical (unpaired) electrons. The molecule has 4 aliphatic rings. The Labute approximate surface area is 299 Å².